The first kappa shape index (κ1) is 20.1. The zero-order valence-corrected chi connectivity index (χ0v) is 17.1. The Morgan fingerprint density at radius 1 is 1.07 bits per heavy atom. The van der Waals surface area contributed by atoms with Crippen LogP contribution in [0.25, 0.3) is 0 Å². The van der Waals surface area contributed by atoms with Crippen LogP contribution in [0.15, 0.2) is 59.8 Å². The summed E-state index contributed by atoms with van der Waals surface area (Å²) >= 11 is 0. The zero-order chi connectivity index (χ0) is 20.9. The quantitative estimate of drug-likeness (QED) is 0.535. The molecule has 0 bridgehead atoms. The van der Waals surface area contributed by atoms with Gasteiger partial charge in [0.1, 0.15) is 5.75 Å². The molecule has 6 nitrogen and oxygen atoms in total. The Balaban J connectivity index is 1.54. The molecule has 156 valence electrons. The Morgan fingerprint density at radius 2 is 1.77 bits per heavy atom. The van der Waals surface area contributed by atoms with Gasteiger partial charge in [0.05, 0.1) is 6.54 Å². The molecule has 1 fully saturated rings. The summed E-state index contributed by atoms with van der Waals surface area (Å²) in [6.07, 6.45) is 4.22. The molecule has 1 heterocycles. The third kappa shape index (κ3) is 4.70. The highest BCUT2D eigenvalue weighted by molar-refractivity contribution is 6.02. The van der Waals surface area contributed by atoms with Crippen molar-refractivity contribution in [3.63, 3.8) is 0 Å². The maximum absolute atomic E-state index is 13.4. The fraction of sp³-hybridized carbons (Fsp3) is 0.375. The van der Waals surface area contributed by atoms with E-state index in [9.17, 15) is 9.59 Å². The highest BCUT2D eigenvalue weighted by atomic mass is 16.6. The average molecular weight is 406 g/mol. The van der Waals surface area contributed by atoms with Crippen molar-refractivity contribution in [2.75, 3.05) is 0 Å². The second-order valence-corrected chi connectivity index (χ2v) is 7.88. The molecule has 1 aliphatic carbocycles. The van der Waals surface area contributed by atoms with E-state index in [4.69, 9.17) is 9.57 Å². The smallest absolute Gasteiger partial charge is 0.308 e. The first-order valence-electron chi connectivity index (χ1n) is 10.5. The van der Waals surface area contributed by atoms with Crippen molar-refractivity contribution in [2.24, 2.45) is 11.1 Å². The molecule has 0 N–H and O–H groups in total. The molecule has 6 heteroatoms. The van der Waals surface area contributed by atoms with Gasteiger partial charge in [-0.25, -0.2) is 0 Å². The number of esters is 1. The van der Waals surface area contributed by atoms with Crippen molar-refractivity contribution < 1.29 is 19.2 Å². The van der Waals surface area contributed by atoms with Gasteiger partial charge >= 0.3 is 5.97 Å². The number of amides is 1. The second kappa shape index (κ2) is 9.11. The van der Waals surface area contributed by atoms with Crippen LogP contribution in [-0.2, 0) is 27.4 Å². The number of amidine groups is 1. The third-order valence-corrected chi connectivity index (χ3v) is 5.60. The van der Waals surface area contributed by atoms with Gasteiger partial charge in [-0.2, -0.15) is 0 Å². The van der Waals surface area contributed by atoms with Crippen LogP contribution in [0.1, 0.15) is 43.7 Å². The second-order valence-electron chi connectivity index (χ2n) is 7.88. The van der Waals surface area contributed by atoms with E-state index >= 15 is 0 Å². The molecule has 2 aromatic rings. The van der Waals surface area contributed by atoms with Gasteiger partial charge in [0, 0.05) is 19.3 Å². The average Bonchev–Trinajstić information content (AvgIpc) is 3.27. The van der Waals surface area contributed by atoms with Crippen molar-refractivity contribution in [1.82, 2.24) is 4.90 Å². The molecule has 1 atom stereocenters. The van der Waals surface area contributed by atoms with E-state index in [0.717, 1.165) is 42.6 Å². The Labute approximate surface area is 176 Å². The lowest BCUT2D eigenvalue weighted by Gasteiger charge is -2.33. The minimum Gasteiger partial charge on any atom is -0.427 e. The minimum absolute atomic E-state index is 0.0557. The molecular weight excluding hydrogens is 380 g/mol. The van der Waals surface area contributed by atoms with Gasteiger partial charge in [0.25, 0.3) is 5.91 Å². The zero-order valence-electron chi connectivity index (χ0n) is 17.1. The predicted octanol–water partition coefficient (Wildman–Crippen LogP) is 4.09. The summed E-state index contributed by atoms with van der Waals surface area (Å²) in [6.45, 7) is 1.79. The van der Waals surface area contributed by atoms with Crippen LogP contribution >= 0.6 is 0 Å². The summed E-state index contributed by atoms with van der Waals surface area (Å²) in [5.41, 5.74) is 1.99. The molecule has 4 rings (SSSR count). The van der Waals surface area contributed by atoms with Crippen molar-refractivity contribution in [3.05, 3.63) is 65.7 Å². The number of carbonyl (C=O) groups excluding carboxylic acids is 2. The molecule has 0 aromatic heterocycles. The van der Waals surface area contributed by atoms with Crippen LogP contribution in [0.2, 0.25) is 0 Å². The van der Waals surface area contributed by atoms with Gasteiger partial charge in [-0.1, -0.05) is 60.5 Å². The van der Waals surface area contributed by atoms with Crippen LogP contribution in [0.3, 0.4) is 0 Å². The van der Waals surface area contributed by atoms with Crippen LogP contribution in [-0.4, -0.2) is 28.7 Å². The molecular formula is C24H26N2O4. The van der Waals surface area contributed by atoms with Gasteiger partial charge in [0.2, 0.25) is 6.10 Å². The van der Waals surface area contributed by atoms with Gasteiger partial charge in [-0.3, -0.25) is 14.5 Å². The molecule has 2 aromatic carbocycles. The van der Waals surface area contributed by atoms with Crippen molar-refractivity contribution in [3.8, 4) is 5.75 Å². The summed E-state index contributed by atoms with van der Waals surface area (Å²) in [5.74, 6) is 1.08. The lowest BCUT2D eigenvalue weighted by atomic mass is 10.0. The molecule has 30 heavy (non-hydrogen) atoms. The van der Waals surface area contributed by atoms with Gasteiger partial charge < -0.3 is 9.57 Å². The molecule has 0 radical (unpaired) electrons. The Kier molecular flexibility index (Phi) is 6.12. The maximum Gasteiger partial charge on any atom is 0.308 e. The van der Waals surface area contributed by atoms with Crippen LogP contribution < -0.4 is 4.74 Å². The summed E-state index contributed by atoms with van der Waals surface area (Å²) in [4.78, 5) is 32.0. The van der Waals surface area contributed by atoms with E-state index in [1.54, 1.807) is 17.0 Å². The van der Waals surface area contributed by atoms with Gasteiger partial charge in [0.15, 0.2) is 5.84 Å². The van der Waals surface area contributed by atoms with E-state index in [2.05, 4.69) is 5.16 Å². The Bertz CT molecular complexity index is 918. The van der Waals surface area contributed by atoms with Crippen molar-refractivity contribution in [2.45, 2.75) is 51.7 Å². The van der Waals surface area contributed by atoms with Crippen LogP contribution in [0.4, 0.5) is 0 Å². The number of hydrogen-bond acceptors (Lipinski definition) is 5. The van der Waals surface area contributed by atoms with E-state index < -0.39 is 6.10 Å². The van der Waals surface area contributed by atoms with Gasteiger partial charge in [-0.15, -0.1) is 0 Å². The number of oxime groups is 1. The minimum atomic E-state index is -0.627. The van der Waals surface area contributed by atoms with Crippen LogP contribution in [0.5, 0.6) is 5.75 Å². The van der Waals surface area contributed by atoms with E-state index in [-0.39, 0.29) is 17.8 Å². The van der Waals surface area contributed by atoms with Crippen molar-refractivity contribution in [1.29, 1.82) is 0 Å². The molecule has 2 aliphatic rings. The van der Waals surface area contributed by atoms with Crippen molar-refractivity contribution >= 4 is 17.7 Å². The fourth-order valence-electron chi connectivity index (χ4n) is 4.10. The van der Waals surface area contributed by atoms with E-state index in [1.165, 1.54) is 6.92 Å². The highest BCUT2D eigenvalue weighted by Gasteiger charge is 2.38. The molecule has 0 saturated heterocycles. The lowest BCUT2D eigenvalue weighted by Crippen LogP contribution is -2.49. The lowest BCUT2D eigenvalue weighted by molar-refractivity contribution is -0.144. The largest absolute Gasteiger partial charge is 0.427 e. The SMILES string of the molecule is CC(=O)Oc1ccc(CN2C(=O)C(Cc3ccccc3)ON=C2C2CCCC2)cc1. The molecule has 1 amide bonds. The standard InChI is InChI=1S/C24H26N2O4/c1-17(27)29-21-13-11-19(12-14-21)16-26-23(20-9-5-6-10-20)25-30-22(24(26)28)15-18-7-3-2-4-8-18/h2-4,7-8,11-14,20,22H,5-6,9-10,15-16H2,1H3. The Morgan fingerprint density at radius 3 is 2.43 bits per heavy atom. The summed E-state index contributed by atoms with van der Waals surface area (Å²) in [5, 5.41) is 4.43. The molecule has 1 unspecified atom stereocenters. The highest BCUT2D eigenvalue weighted by Crippen LogP contribution is 2.31. The molecule has 1 saturated carbocycles. The first-order chi connectivity index (χ1) is 14.6. The predicted molar refractivity (Wildman–Crippen MR) is 113 cm³/mol. The monoisotopic (exact) mass is 406 g/mol. The number of hydrogen-bond donors (Lipinski definition) is 0. The number of carbonyl (C=O) groups is 2. The first-order valence-corrected chi connectivity index (χ1v) is 10.5. The van der Waals surface area contributed by atoms with E-state index in [0.29, 0.717) is 18.7 Å². The molecule has 0 spiro atoms. The van der Waals surface area contributed by atoms with Gasteiger partial charge in [-0.05, 0) is 36.1 Å². The number of rotatable bonds is 6. The van der Waals surface area contributed by atoms with E-state index in [1.807, 2.05) is 42.5 Å². The number of ether oxygens (including phenoxy) is 1. The summed E-state index contributed by atoms with van der Waals surface area (Å²) in [6, 6.07) is 17.1. The van der Waals surface area contributed by atoms with Crippen LogP contribution in [0, 0.1) is 5.92 Å². The summed E-state index contributed by atoms with van der Waals surface area (Å²) < 4.78 is 5.10. The maximum atomic E-state index is 13.4. The fourth-order valence-corrected chi connectivity index (χ4v) is 4.10. The topological polar surface area (TPSA) is 68.2 Å². The number of benzene rings is 2. The normalized spacial score (nSPS) is 19.4. The number of nitrogens with zero attached hydrogens (tertiary/aromatic N) is 2. The molecule has 1 aliphatic heterocycles. The third-order valence-electron chi connectivity index (χ3n) is 5.60. The Hall–Kier alpha value is -3.15. The summed E-state index contributed by atoms with van der Waals surface area (Å²) in [7, 11) is 0.